The summed E-state index contributed by atoms with van der Waals surface area (Å²) in [5.74, 6) is -1.50. The van der Waals surface area contributed by atoms with Crippen LogP contribution in [-0.4, -0.2) is 35.5 Å². The summed E-state index contributed by atoms with van der Waals surface area (Å²) in [5, 5.41) is 8.53. The first kappa shape index (κ1) is 14.2. The number of carboxylic acids is 1. The Balaban J connectivity index is 2.31. The van der Waals surface area contributed by atoms with Crippen LogP contribution in [0.4, 0.5) is 4.39 Å². The molecule has 4 nitrogen and oxygen atoms in total. The van der Waals surface area contributed by atoms with Crippen LogP contribution in [0.25, 0.3) is 0 Å². The number of aliphatic carboxylic acids is 1. The van der Waals surface area contributed by atoms with E-state index in [0.29, 0.717) is 19.3 Å². The Labute approximate surface area is 105 Å². The van der Waals surface area contributed by atoms with E-state index in [2.05, 4.69) is 0 Å². The Morgan fingerprint density at radius 3 is 2.44 bits per heavy atom. The maximum atomic E-state index is 12.6. The number of likely N-dealkylation sites (N-methyl/N-ethyl adjacent to an activating group) is 1. The van der Waals surface area contributed by atoms with Crippen LogP contribution in [0.5, 0.6) is 0 Å². The lowest BCUT2D eigenvalue weighted by molar-refractivity contribution is -0.143. The molecule has 1 amide bonds. The number of nitrogens with zero attached hydrogens (tertiary/aromatic N) is 1. The number of aryl methyl sites for hydroxylation is 1. The summed E-state index contributed by atoms with van der Waals surface area (Å²) >= 11 is 0. The van der Waals surface area contributed by atoms with Gasteiger partial charge in [-0.25, -0.2) is 4.39 Å². The van der Waals surface area contributed by atoms with Gasteiger partial charge in [-0.1, -0.05) is 12.1 Å². The zero-order valence-corrected chi connectivity index (χ0v) is 10.2. The highest BCUT2D eigenvalue weighted by Gasteiger charge is 2.11. The van der Waals surface area contributed by atoms with Gasteiger partial charge < -0.3 is 10.0 Å². The van der Waals surface area contributed by atoms with Gasteiger partial charge in [-0.05, 0) is 30.5 Å². The third kappa shape index (κ3) is 4.95. The maximum absolute atomic E-state index is 12.6. The molecule has 1 rings (SSSR count). The van der Waals surface area contributed by atoms with E-state index < -0.39 is 5.97 Å². The van der Waals surface area contributed by atoms with Crippen LogP contribution in [0.2, 0.25) is 0 Å². The fourth-order valence-corrected chi connectivity index (χ4v) is 1.58. The summed E-state index contributed by atoms with van der Waals surface area (Å²) in [6.07, 6.45) is 1.59. The fourth-order valence-electron chi connectivity index (χ4n) is 1.58. The topological polar surface area (TPSA) is 57.6 Å². The van der Waals surface area contributed by atoms with Crippen molar-refractivity contribution in [1.82, 2.24) is 4.90 Å². The molecule has 18 heavy (non-hydrogen) atoms. The average molecular weight is 253 g/mol. The van der Waals surface area contributed by atoms with Crippen molar-refractivity contribution in [1.29, 1.82) is 0 Å². The molecule has 0 spiro atoms. The van der Waals surface area contributed by atoms with Crippen LogP contribution >= 0.6 is 0 Å². The minimum Gasteiger partial charge on any atom is -0.480 e. The van der Waals surface area contributed by atoms with Gasteiger partial charge in [0.2, 0.25) is 5.91 Å². The zero-order chi connectivity index (χ0) is 13.5. The van der Waals surface area contributed by atoms with Gasteiger partial charge in [0, 0.05) is 13.5 Å². The van der Waals surface area contributed by atoms with Crippen molar-refractivity contribution < 1.29 is 19.1 Å². The van der Waals surface area contributed by atoms with E-state index in [1.165, 1.54) is 24.1 Å². The van der Waals surface area contributed by atoms with Crippen LogP contribution in [0.1, 0.15) is 18.4 Å². The lowest BCUT2D eigenvalue weighted by atomic mass is 10.1. The quantitative estimate of drug-likeness (QED) is 0.839. The molecule has 0 saturated heterocycles. The second kappa shape index (κ2) is 6.74. The van der Waals surface area contributed by atoms with E-state index in [1.807, 2.05) is 0 Å². The molecule has 98 valence electrons. The van der Waals surface area contributed by atoms with Gasteiger partial charge in [-0.2, -0.15) is 0 Å². The van der Waals surface area contributed by atoms with Gasteiger partial charge in [-0.3, -0.25) is 9.59 Å². The van der Waals surface area contributed by atoms with Crippen molar-refractivity contribution in [2.45, 2.75) is 19.3 Å². The van der Waals surface area contributed by atoms with E-state index in [0.717, 1.165) is 5.56 Å². The van der Waals surface area contributed by atoms with Crippen LogP contribution in [0.15, 0.2) is 24.3 Å². The van der Waals surface area contributed by atoms with Crippen molar-refractivity contribution in [3.05, 3.63) is 35.6 Å². The smallest absolute Gasteiger partial charge is 0.323 e. The van der Waals surface area contributed by atoms with Crippen molar-refractivity contribution in [2.75, 3.05) is 13.6 Å². The standard InChI is InChI=1S/C13H16FNO3/c1-15(9-13(17)18)12(16)4-2-3-10-5-7-11(14)8-6-10/h5-8H,2-4,9H2,1H3,(H,17,18). The van der Waals surface area contributed by atoms with E-state index in [9.17, 15) is 14.0 Å². The molecule has 0 aromatic heterocycles. The number of rotatable bonds is 6. The molecule has 0 fully saturated rings. The van der Waals surface area contributed by atoms with E-state index in [4.69, 9.17) is 5.11 Å². The van der Waals surface area contributed by atoms with Gasteiger partial charge in [0.25, 0.3) is 0 Å². The predicted octanol–water partition coefficient (Wildman–Crippen LogP) is 1.69. The Kier molecular flexibility index (Phi) is 5.30. The van der Waals surface area contributed by atoms with Crippen LogP contribution in [-0.2, 0) is 16.0 Å². The molecule has 0 bridgehead atoms. The highest BCUT2D eigenvalue weighted by molar-refractivity contribution is 5.80. The first-order valence-corrected chi connectivity index (χ1v) is 5.69. The Morgan fingerprint density at radius 1 is 1.28 bits per heavy atom. The summed E-state index contributed by atoms with van der Waals surface area (Å²) in [7, 11) is 1.47. The predicted molar refractivity (Wildman–Crippen MR) is 64.6 cm³/mol. The molecule has 0 saturated carbocycles. The summed E-state index contributed by atoms with van der Waals surface area (Å²) < 4.78 is 12.6. The minimum atomic E-state index is -1.02. The van der Waals surface area contributed by atoms with Gasteiger partial charge >= 0.3 is 5.97 Å². The van der Waals surface area contributed by atoms with Crippen molar-refractivity contribution in [2.24, 2.45) is 0 Å². The highest BCUT2D eigenvalue weighted by atomic mass is 19.1. The second-order valence-corrected chi connectivity index (χ2v) is 4.12. The normalized spacial score (nSPS) is 10.1. The third-order valence-electron chi connectivity index (χ3n) is 2.57. The number of hydrogen-bond donors (Lipinski definition) is 1. The SMILES string of the molecule is CN(CC(=O)O)C(=O)CCCc1ccc(F)cc1. The molecular formula is C13H16FNO3. The van der Waals surface area contributed by atoms with Crippen molar-refractivity contribution >= 4 is 11.9 Å². The third-order valence-corrected chi connectivity index (χ3v) is 2.57. The monoisotopic (exact) mass is 253 g/mol. The fraction of sp³-hybridized carbons (Fsp3) is 0.385. The molecular weight excluding hydrogens is 237 g/mol. The lowest BCUT2D eigenvalue weighted by Gasteiger charge is -2.14. The lowest BCUT2D eigenvalue weighted by Crippen LogP contribution is -2.31. The Hall–Kier alpha value is -1.91. The first-order chi connectivity index (χ1) is 8.49. The molecule has 1 N–H and O–H groups in total. The molecule has 0 aliphatic heterocycles. The van der Waals surface area contributed by atoms with E-state index >= 15 is 0 Å². The number of carboxylic acid groups (broad SMARTS) is 1. The molecule has 0 unspecified atom stereocenters. The van der Waals surface area contributed by atoms with Crippen LogP contribution in [0, 0.1) is 5.82 Å². The Bertz CT molecular complexity index is 417. The molecule has 0 atom stereocenters. The van der Waals surface area contributed by atoms with Crippen molar-refractivity contribution in [3.63, 3.8) is 0 Å². The molecule has 5 heteroatoms. The number of halogens is 1. The molecule has 1 aromatic rings. The first-order valence-electron chi connectivity index (χ1n) is 5.69. The summed E-state index contributed by atoms with van der Waals surface area (Å²) in [4.78, 5) is 23.1. The molecule has 0 aliphatic rings. The minimum absolute atomic E-state index is 0.195. The van der Waals surface area contributed by atoms with Gasteiger partial charge in [0.05, 0.1) is 0 Å². The number of carbonyl (C=O) groups excluding carboxylic acids is 1. The largest absolute Gasteiger partial charge is 0.480 e. The maximum Gasteiger partial charge on any atom is 0.323 e. The van der Waals surface area contributed by atoms with Gasteiger partial charge in [0.1, 0.15) is 12.4 Å². The van der Waals surface area contributed by atoms with E-state index in [1.54, 1.807) is 12.1 Å². The number of benzene rings is 1. The second-order valence-electron chi connectivity index (χ2n) is 4.12. The van der Waals surface area contributed by atoms with E-state index in [-0.39, 0.29) is 18.3 Å². The summed E-state index contributed by atoms with van der Waals surface area (Å²) in [6.45, 7) is -0.282. The molecule has 1 aromatic carbocycles. The van der Waals surface area contributed by atoms with Gasteiger partial charge in [-0.15, -0.1) is 0 Å². The molecule has 0 aliphatic carbocycles. The average Bonchev–Trinajstić information content (AvgIpc) is 2.30. The van der Waals surface area contributed by atoms with Gasteiger partial charge in [0.15, 0.2) is 0 Å². The summed E-state index contributed by atoms with van der Waals surface area (Å²) in [5.41, 5.74) is 0.963. The summed E-state index contributed by atoms with van der Waals surface area (Å²) in [6, 6.07) is 6.13. The zero-order valence-electron chi connectivity index (χ0n) is 10.2. The highest BCUT2D eigenvalue weighted by Crippen LogP contribution is 2.07. The van der Waals surface area contributed by atoms with Crippen molar-refractivity contribution in [3.8, 4) is 0 Å². The number of hydrogen-bond acceptors (Lipinski definition) is 2. The number of carbonyl (C=O) groups is 2. The van der Waals surface area contributed by atoms with Crippen LogP contribution in [0.3, 0.4) is 0 Å². The molecule has 0 heterocycles. The Morgan fingerprint density at radius 2 is 1.89 bits per heavy atom. The number of amides is 1. The molecule has 0 radical (unpaired) electrons. The van der Waals surface area contributed by atoms with Crippen LogP contribution < -0.4 is 0 Å².